The molecule has 0 aliphatic rings. The zero-order chi connectivity index (χ0) is 19.9. The molecule has 142 valence electrons. The van der Waals surface area contributed by atoms with Crippen molar-refractivity contribution in [2.45, 2.75) is 20.5 Å². The van der Waals surface area contributed by atoms with Crippen molar-refractivity contribution in [3.05, 3.63) is 99.6 Å². The van der Waals surface area contributed by atoms with E-state index in [0.717, 1.165) is 22.4 Å². The summed E-state index contributed by atoms with van der Waals surface area (Å²) in [6.07, 6.45) is 0. The van der Waals surface area contributed by atoms with Crippen molar-refractivity contribution in [2.24, 2.45) is 5.16 Å². The quantitative estimate of drug-likeness (QED) is 0.304. The standard InChI is InChI=1S/C22H20N2O4/c1-16-14-19(17(2)23-27-15-18-6-4-3-5-7-18)8-13-22(16)28-21-11-9-20(10-12-21)24(25)26/h3-14H,15H2,1-2H3. The van der Waals surface area contributed by atoms with Gasteiger partial charge in [0.15, 0.2) is 0 Å². The molecule has 6 nitrogen and oxygen atoms in total. The Labute approximate surface area is 163 Å². The molecule has 3 aromatic rings. The first kappa shape index (κ1) is 19.1. The minimum absolute atomic E-state index is 0.0294. The molecule has 0 fully saturated rings. The van der Waals surface area contributed by atoms with Crippen molar-refractivity contribution in [1.29, 1.82) is 0 Å². The third-order valence-electron chi connectivity index (χ3n) is 4.14. The predicted molar refractivity (Wildman–Crippen MR) is 108 cm³/mol. The molecule has 6 heteroatoms. The fourth-order valence-corrected chi connectivity index (χ4v) is 2.58. The van der Waals surface area contributed by atoms with Gasteiger partial charge < -0.3 is 9.57 Å². The highest BCUT2D eigenvalue weighted by Gasteiger charge is 2.08. The van der Waals surface area contributed by atoms with Crippen LogP contribution in [0.2, 0.25) is 0 Å². The van der Waals surface area contributed by atoms with Gasteiger partial charge in [-0.3, -0.25) is 10.1 Å². The van der Waals surface area contributed by atoms with Gasteiger partial charge in [-0.05, 0) is 60.9 Å². The van der Waals surface area contributed by atoms with Crippen LogP contribution in [0.5, 0.6) is 11.5 Å². The van der Waals surface area contributed by atoms with Gasteiger partial charge in [0.1, 0.15) is 18.1 Å². The highest BCUT2D eigenvalue weighted by atomic mass is 16.6. The van der Waals surface area contributed by atoms with Crippen LogP contribution in [0.4, 0.5) is 5.69 Å². The first-order valence-corrected chi connectivity index (χ1v) is 8.77. The molecule has 3 rings (SSSR count). The fourth-order valence-electron chi connectivity index (χ4n) is 2.58. The zero-order valence-corrected chi connectivity index (χ0v) is 15.7. The highest BCUT2D eigenvalue weighted by molar-refractivity contribution is 5.98. The van der Waals surface area contributed by atoms with Crippen LogP contribution in [-0.2, 0) is 11.4 Å². The second-order valence-electron chi connectivity index (χ2n) is 6.27. The maximum Gasteiger partial charge on any atom is 0.269 e. The second-order valence-corrected chi connectivity index (χ2v) is 6.27. The van der Waals surface area contributed by atoms with Crippen molar-refractivity contribution in [3.8, 4) is 11.5 Å². The molecule has 0 spiro atoms. The molecule has 28 heavy (non-hydrogen) atoms. The third-order valence-corrected chi connectivity index (χ3v) is 4.14. The van der Waals surface area contributed by atoms with Crippen LogP contribution in [0, 0.1) is 17.0 Å². The van der Waals surface area contributed by atoms with E-state index in [0.29, 0.717) is 18.1 Å². The largest absolute Gasteiger partial charge is 0.457 e. The first-order valence-electron chi connectivity index (χ1n) is 8.77. The lowest BCUT2D eigenvalue weighted by Crippen LogP contribution is -1.98. The van der Waals surface area contributed by atoms with Gasteiger partial charge in [-0.15, -0.1) is 0 Å². The monoisotopic (exact) mass is 376 g/mol. The van der Waals surface area contributed by atoms with Crippen LogP contribution in [0.25, 0.3) is 0 Å². The molecule has 0 radical (unpaired) electrons. The summed E-state index contributed by atoms with van der Waals surface area (Å²) in [5.41, 5.74) is 3.71. The lowest BCUT2D eigenvalue weighted by Gasteiger charge is -2.10. The molecule has 0 heterocycles. The summed E-state index contributed by atoms with van der Waals surface area (Å²) in [5.74, 6) is 1.22. The average molecular weight is 376 g/mol. The van der Waals surface area contributed by atoms with E-state index in [2.05, 4.69) is 5.16 Å². The average Bonchev–Trinajstić information content (AvgIpc) is 2.70. The van der Waals surface area contributed by atoms with E-state index in [1.807, 2.05) is 62.4 Å². The van der Waals surface area contributed by atoms with Crippen LogP contribution in [-0.4, -0.2) is 10.6 Å². The lowest BCUT2D eigenvalue weighted by molar-refractivity contribution is -0.384. The normalized spacial score (nSPS) is 11.1. The zero-order valence-electron chi connectivity index (χ0n) is 15.7. The Morgan fingerprint density at radius 2 is 1.75 bits per heavy atom. The molecule has 0 bridgehead atoms. The Hall–Kier alpha value is -3.67. The molecule has 0 unspecified atom stereocenters. The van der Waals surface area contributed by atoms with Crippen LogP contribution in [0.15, 0.2) is 78.0 Å². The van der Waals surface area contributed by atoms with E-state index in [9.17, 15) is 10.1 Å². The number of non-ortho nitro benzene ring substituents is 1. The molecule has 0 atom stereocenters. The summed E-state index contributed by atoms with van der Waals surface area (Å²) in [6.45, 7) is 4.23. The van der Waals surface area contributed by atoms with Crippen LogP contribution < -0.4 is 4.74 Å². The molecule has 0 aromatic heterocycles. The highest BCUT2D eigenvalue weighted by Crippen LogP contribution is 2.27. The van der Waals surface area contributed by atoms with Gasteiger partial charge in [-0.2, -0.15) is 0 Å². The predicted octanol–water partition coefficient (Wildman–Crippen LogP) is 5.64. The van der Waals surface area contributed by atoms with Gasteiger partial charge in [-0.25, -0.2) is 0 Å². The summed E-state index contributed by atoms with van der Waals surface area (Å²) in [4.78, 5) is 15.7. The van der Waals surface area contributed by atoms with Crippen molar-refractivity contribution in [3.63, 3.8) is 0 Å². The Morgan fingerprint density at radius 3 is 2.39 bits per heavy atom. The first-order chi connectivity index (χ1) is 13.5. The number of hydrogen-bond donors (Lipinski definition) is 0. The Morgan fingerprint density at radius 1 is 1.04 bits per heavy atom. The Bertz CT molecular complexity index is 983. The summed E-state index contributed by atoms with van der Waals surface area (Å²) >= 11 is 0. The van der Waals surface area contributed by atoms with E-state index in [-0.39, 0.29) is 5.69 Å². The summed E-state index contributed by atoms with van der Waals surface area (Å²) in [7, 11) is 0. The van der Waals surface area contributed by atoms with Crippen molar-refractivity contribution in [2.75, 3.05) is 0 Å². The van der Waals surface area contributed by atoms with Gasteiger partial charge in [0.05, 0.1) is 10.6 Å². The van der Waals surface area contributed by atoms with Crippen molar-refractivity contribution in [1.82, 2.24) is 0 Å². The van der Waals surface area contributed by atoms with E-state index in [1.165, 1.54) is 12.1 Å². The molecular weight excluding hydrogens is 356 g/mol. The van der Waals surface area contributed by atoms with E-state index in [1.54, 1.807) is 12.1 Å². The number of benzene rings is 3. The van der Waals surface area contributed by atoms with Gasteiger partial charge in [0.25, 0.3) is 5.69 Å². The SMILES string of the molecule is CC(=NOCc1ccccc1)c1ccc(Oc2ccc([N+](=O)[O-])cc2)c(C)c1. The molecule has 0 saturated carbocycles. The van der Waals surface area contributed by atoms with Gasteiger partial charge in [0, 0.05) is 12.1 Å². The van der Waals surface area contributed by atoms with E-state index in [4.69, 9.17) is 9.57 Å². The number of oxime groups is 1. The van der Waals surface area contributed by atoms with Crippen LogP contribution in [0.3, 0.4) is 0 Å². The molecule has 0 aliphatic heterocycles. The number of nitro benzene ring substituents is 1. The van der Waals surface area contributed by atoms with Gasteiger partial charge in [0.2, 0.25) is 0 Å². The van der Waals surface area contributed by atoms with E-state index < -0.39 is 4.92 Å². The minimum atomic E-state index is -0.439. The Balaban J connectivity index is 1.65. The molecule has 0 N–H and O–H groups in total. The summed E-state index contributed by atoms with van der Waals surface area (Å²) < 4.78 is 5.82. The minimum Gasteiger partial charge on any atom is -0.457 e. The van der Waals surface area contributed by atoms with Gasteiger partial charge >= 0.3 is 0 Å². The number of nitrogens with zero attached hydrogens (tertiary/aromatic N) is 2. The van der Waals surface area contributed by atoms with Crippen LogP contribution >= 0.6 is 0 Å². The number of aryl methyl sites for hydroxylation is 1. The van der Waals surface area contributed by atoms with Crippen molar-refractivity contribution < 1.29 is 14.5 Å². The maximum absolute atomic E-state index is 10.7. The number of ether oxygens (including phenoxy) is 1. The number of hydrogen-bond acceptors (Lipinski definition) is 5. The molecule has 0 amide bonds. The smallest absolute Gasteiger partial charge is 0.269 e. The molecular formula is C22H20N2O4. The van der Waals surface area contributed by atoms with Crippen LogP contribution in [0.1, 0.15) is 23.6 Å². The van der Waals surface area contributed by atoms with E-state index >= 15 is 0 Å². The van der Waals surface area contributed by atoms with Crippen molar-refractivity contribution >= 4 is 11.4 Å². The molecule has 0 saturated heterocycles. The Kier molecular flexibility index (Phi) is 6.01. The fraction of sp³-hybridized carbons (Fsp3) is 0.136. The molecule has 0 aliphatic carbocycles. The lowest BCUT2D eigenvalue weighted by atomic mass is 10.1. The molecule has 3 aromatic carbocycles. The topological polar surface area (TPSA) is 74.0 Å². The van der Waals surface area contributed by atoms with Gasteiger partial charge in [-0.1, -0.05) is 35.5 Å². The summed E-state index contributed by atoms with van der Waals surface area (Å²) in [6, 6.07) is 21.6. The summed E-state index contributed by atoms with van der Waals surface area (Å²) in [5, 5.41) is 14.9. The third kappa shape index (κ3) is 4.94. The number of nitro groups is 1. The second kappa shape index (κ2) is 8.81. The maximum atomic E-state index is 10.7. The number of rotatable bonds is 7.